The lowest BCUT2D eigenvalue weighted by molar-refractivity contribution is 0.0697. The predicted octanol–water partition coefficient (Wildman–Crippen LogP) is 2.85. The summed E-state index contributed by atoms with van der Waals surface area (Å²) < 4.78 is 5.19. The molecule has 0 aromatic heterocycles. The van der Waals surface area contributed by atoms with Gasteiger partial charge in [0.25, 0.3) is 0 Å². The highest BCUT2D eigenvalue weighted by Crippen LogP contribution is 2.27. The number of carboxylic acids is 1. The van der Waals surface area contributed by atoms with Crippen molar-refractivity contribution in [2.75, 3.05) is 19.0 Å². The van der Waals surface area contributed by atoms with Crippen molar-refractivity contribution in [2.45, 2.75) is 20.8 Å². The van der Waals surface area contributed by atoms with Gasteiger partial charge in [0.1, 0.15) is 5.75 Å². The smallest absolute Gasteiger partial charge is 0.335 e. The summed E-state index contributed by atoms with van der Waals surface area (Å²) in [5.74, 6) is -0.286. The maximum absolute atomic E-state index is 10.9. The van der Waals surface area contributed by atoms with Crippen LogP contribution in [0.1, 0.15) is 31.1 Å². The fourth-order valence-electron chi connectivity index (χ4n) is 1.34. The molecule has 2 N–H and O–H groups in total. The van der Waals surface area contributed by atoms with E-state index in [4.69, 9.17) is 9.84 Å². The first-order chi connectivity index (χ1) is 7.83. The summed E-state index contributed by atoms with van der Waals surface area (Å²) in [6, 6.07) is 4.78. The number of hydrogen-bond donors (Lipinski definition) is 2. The van der Waals surface area contributed by atoms with Crippen LogP contribution in [0.5, 0.6) is 5.75 Å². The Balaban J connectivity index is 2.94. The minimum absolute atomic E-state index is 0.115. The third-order valence-electron chi connectivity index (χ3n) is 2.26. The Kier molecular flexibility index (Phi) is 3.99. The van der Waals surface area contributed by atoms with Gasteiger partial charge < -0.3 is 15.2 Å². The molecule has 0 atom stereocenters. The first kappa shape index (κ1) is 13.4. The molecule has 0 aliphatic rings. The van der Waals surface area contributed by atoms with E-state index in [9.17, 15) is 4.79 Å². The van der Waals surface area contributed by atoms with Crippen LogP contribution in [0.4, 0.5) is 5.69 Å². The lowest BCUT2D eigenvalue weighted by Gasteiger charge is -2.21. The Morgan fingerprint density at radius 1 is 1.41 bits per heavy atom. The molecule has 1 aromatic carbocycles. The zero-order valence-corrected chi connectivity index (χ0v) is 10.7. The molecule has 0 radical (unpaired) electrons. The van der Waals surface area contributed by atoms with Gasteiger partial charge in [0.05, 0.1) is 18.4 Å². The van der Waals surface area contributed by atoms with E-state index >= 15 is 0 Å². The van der Waals surface area contributed by atoms with Crippen molar-refractivity contribution in [3.8, 4) is 5.75 Å². The second kappa shape index (κ2) is 5.08. The topological polar surface area (TPSA) is 58.6 Å². The second-order valence-electron chi connectivity index (χ2n) is 5.13. The molecule has 0 spiro atoms. The standard InChI is InChI=1S/C13H19NO3/c1-13(2,3)8-14-10-7-9(12(15)16)5-6-11(10)17-4/h5-7,14H,8H2,1-4H3,(H,15,16). The SMILES string of the molecule is COc1ccc(C(=O)O)cc1NCC(C)(C)C. The Hall–Kier alpha value is -1.71. The van der Waals surface area contributed by atoms with Crippen molar-refractivity contribution in [3.63, 3.8) is 0 Å². The van der Waals surface area contributed by atoms with E-state index in [0.29, 0.717) is 11.4 Å². The Morgan fingerprint density at radius 3 is 2.53 bits per heavy atom. The molecule has 0 bridgehead atoms. The number of anilines is 1. The molecule has 94 valence electrons. The van der Waals surface area contributed by atoms with Crippen LogP contribution in [0.2, 0.25) is 0 Å². The number of carboxylic acid groups (broad SMARTS) is 1. The average Bonchev–Trinajstić information content (AvgIpc) is 2.24. The summed E-state index contributed by atoms with van der Waals surface area (Å²) in [5.41, 5.74) is 1.08. The highest BCUT2D eigenvalue weighted by atomic mass is 16.5. The van der Waals surface area contributed by atoms with Crippen LogP contribution in [0, 0.1) is 5.41 Å². The number of ether oxygens (including phenoxy) is 1. The summed E-state index contributed by atoms with van der Waals surface area (Å²) in [5, 5.41) is 12.1. The van der Waals surface area contributed by atoms with E-state index < -0.39 is 5.97 Å². The lowest BCUT2D eigenvalue weighted by Crippen LogP contribution is -2.19. The molecule has 0 aliphatic heterocycles. The van der Waals surface area contributed by atoms with Gasteiger partial charge in [0, 0.05) is 6.54 Å². The van der Waals surface area contributed by atoms with Crippen LogP contribution >= 0.6 is 0 Å². The molecular formula is C13H19NO3. The maximum atomic E-state index is 10.9. The Morgan fingerprint density at radius 2 is 2.06 bits per heavy atom. The van der Waals surface area contributed by atoms with Crippen LogP contribution in [0.3, 0.4) is 0 Å². The number of nitrogens with one attached hydrogen (secondary N) is 1. The molecule has 1 rings (SSSR count). The van der Waals surface area contributed by atoms with Crippen LogP contribution < -0.4 is 10.1 Å². The van der Waals surface area contributed by atoms with Gasteiger partial charge in [-0.1, -0.05) is 20.8 Å². The fraction of sp³-hybridized carbons (Fsp3) is 0.462. The summed E-state index contributed by atoms with van der Waals surface area (Å²) in [6.45, 7) is 7.06. The van der Waals surface area contributed by atoms with E-state index in [1.807, 2.05) is 0 Å². The largest absolute Gasteiger partial charge is 0.495 e. The number of rotatable bonds is 4. The molecule has 17 heavy (non-hydrogen) atoms. The number of hydrogen-bond acceptors (Lipinski definition) is 3. The van der Waals surface area contributed by atoms with E-state index in [0.717, 1.165) is 6.54 Å². The van der Waals surface area contributed by atoms with Gasteiger partial charge in [-0.2, -0.15) is 0 Å². The van der Waals surface area contributed by atoms with Gasteiger partial charge in [-0.05, 0) is 23.6 Å². The van der Waals surface area contributed by atoms with Crippen molar-refractivity contribution >= 4 is 11.7 Å². The van der Waals surface area contributed by atoms with Gasteiger partial charge in [-0.15, -0.1) is 0 Å². The molecule has 0 amide bonds. The first-order valence-electron chi connectivity index (χ1n) is 5.49. The number of methoxy groups -OCH3 is 1. The minimum atomic E-state index is -0.938. The number of aromatic carboxylic acids is 1. The van der Waals surface area contributed by atoms with E-state index in [1.54, 1.807) is 19.2 Å². The van der Waals surface area contributed by atoms with Crippen LogP contribution in [-0.2, 0) is 0 Å². The molecule has 4 heteroatoms. The molecule has 0 fully saturated rings. The van der Waals surface area contributed by atoms with Gasteiger partial charge >= 0.3 is 5.97 Å². The van der Waals surface area contributed by atoms with E-state index in [1.165, 1.54) is 6.07 Å². The quantitative estimate of drug-likeness (QED) is 0.845. The summed E-state index contributed by atoms with van der Waals surface area (Å²) in [6.07, 6.45) is 0. The normalized spacial score (nSPS) is 11.1. The highest BCUT2D eigenvalue weighted by Gasteiger charge is 2.13. The zero-order chi connectivity index (χ0) is 13.1. The Bertz CT molecular complexity index is 408. The first-order valence-corrected chi connectivity index (χ1v) is 5.49. The zero-order valence-electron chi connectivity index (χ0n) is 10.7. The summed E-state index contributed by atoms with van der Waals surface area (Å²) in [4.78, 5) is 10.9. The molecular weight excluding hydrogens is 218 g/mol. The van der Waals surface area contributed by atoms with Crippen molar-refractivity contribution in [1.29, 1.82) is 0 Å². The number of benzene rings is 1. The molecule has 0 heterocycles. The highest BCUT2D eigenvalue weighted by molar-refractivity contribution is 5.89. The average molecular weight is 237 g/mol. The Labute approximate surface area is 102 Å². The summed E-state index contributed by atoms with van der Waals surface area (Å²) >= 11 is 0. The van der Waals surface area contributed by atoms with Crippen molar-refractivity contribution in [3.05, 3.63) is 23.8 Å². The van der Waals surface area contributed by atoms with Gasteiger partial charge in [0.15, 0.2) is 0 Å². The third-order valence-corrected chi connectivity index (χ3v) is 2.26. The monoisotopic (exact) mass is 237 g/mol. The molecule has 0 saturated carbocycles. The minimum Gasteiger partial charge on any atom is -0.495 e. The maximum Gasteiger partial charge on any atom is 0.335 e. The molecule has 0 aliphatic carbocycles. The van der Waals surface area contributed by atoms with Crippen LogP contribution in [-0.4, -0.2) is 24.7 Å². The van der Waals surface area contributed by atoms with E-state index in [2.05, 4.69) is 26.1 Å². The molecule has 0 saturated heterocycles. The van der Waals surface area contributed by atoms with Crippen molar-refractivity contribution in [2.24, 2.45) is 5.41 Å². The van der Waals surface area contributed by atoms with Crippen LogP contribution in [0.15, 0.2) is 18.2 Å². The van der Waals surface area contributed by atoms with Gasteiger partial charge in [0.2, 0.25) is 0 Å². The molecule has 4 nitrogen and oxygen atoms in total. The van der Waals surface area contributed by atoms with Gasteiger partial charge in [-0.3, -0.25) is 0 Å². The lowest BCUT2D eigenvalue weighted by atomic mass is 9.97. The molecule has 0 unspecified atom stereocenters. The van der Waals surface area contributed by atoms with Crippen molar-refractivity contribution < 1.29 is 14.6 Å². The second-order valence-corrected chi connectivity index (χ2v) is 5.13. The summed E-state index contributed by atoms with van der Waals surface area (Å²) in [7, 11) is 1.57. The van der Waals surface area contributed by atoms with Crippen LogP contribution in [0.25, 0.3) is 0 Å². The third kappa shape index (κ3) is 3.98. The fourth-order valence-corrected chi connectivity index (χ4v) is 1.34. The van der Waals surface area contributed by atoms with Gasteiger partial charge in [-0.25, -0.2) is 4.79 Å². The number of carbonyl (C=O) groups is 1. The van der Waals surface area contributed by atoms with Crippen molar-refractivity contribution in [1.82, 2.24) is 0 Å². The van der Waals surface area contributed by atoms with E-state index in [-0.39, 0.29) is 11.0 Å². The molecule has 1 aromatic rings. The predicted molar refractivity (Wildman–Crippen MR) is 67.9 cm³/mol.